The molecular weight excluding hydrogens is 189 g/mol. The van der Waals surface area contributed by atoms with Gasteiger partial charge < -0.3 is 0 Å². The highest BCUT2D eigenvalue weighted by Crippen LogP contribution is 2.26. The van der Waals surface area contributed by atoms with Crippen LogP contribution in [0.3, 0.4) is 0 Å². The fraction of sp³-hybridized carbons (Fsp3) is 0.300. The van der Waals surface area contributed by atoms with Gasteiger partial charge in [-0.2, -0.15) is 0 Å². The molecule has 0 aliphatic rings. The van der Waals surface area contributed by atoms with Crippen molar-refractivity contribution >= 4 is 23.0 Å². The lowest BCUT2D eigenvalue weighted by molar-refractivity contribution is 0.627. The van der Waals surface area contributed by atoms with Gasteiger partial charge in [-0.1, -0.05) is 11.6 Å². The molecule has 0 unspecified atom stereocenters. The molecule has 0 amide bonds. The van der Waals surface area contributed by atoms with Crippen LogP contribution in [0.5, 0.6) is 0 Å². The molecule has 0 atom stereocenters. The second kappa shape index (κ2) is 3.88. The van der Waals surface area contributed by atoms with Gasteiger partial charge in [0.1, 0.15) is 5.82 Å². The van der Waals surface area contributed by atoms with E-state index in [-0.39, 0.29) is 5.02 Å². The zero-order chi connectivity index (χ0) is 10.0. The molecule has 0 saturated carbocycles. The van der Waals surface area contributed by atoms with Crippen LogP contribution in [0.25, 0.3) is 0 Å². The molecule has 70 valence electrons. The number of aryl methyl sites for hydroxylation is 1. The van der Waals surface area contributed by atoms with Gasteiger partial charge in [0.15, 0.2) is 0 Å². The second-order valence-electron chi connectivity index (χ2n) is 3.11. The molecule has 0 N–H and O–H groups in total. The van der Waals surface area contributed by atoms with Crippen LogP contribution in [0.2, 0.25) is 5.02 Å². The third-order valence-electron chi connectivity index (χ3n) is 1.58. The predicted molar refractivity (Wildman–Crippen MR) is 54.6 cm³/mol. The lowest BCUT2D eigenvalue weighted by Crippen LogP contribution is -1.84. The number of hydrogen-bond acceptors (Lipinski definition) is 1. The predicted octanol–water partition coefficient (Wildman–Crippen LogP) is 3.90. The molecule has 1 rings (SSSR count). The molecular formula is C10H11ClFN. The molecule has 1 nitrogen and oxygen atoms in total. The van der Waals surface area contributed by atoms with Crippen LogP contribution in [-0.4, -0.2) is 5.71 Å². The molecule has 0 aliphatic carbocycles. The highest BCUT2D eigenvalue weighted by atomic mass is 35.5. The standard InChI is InChI=1S/C10H11ClFN/c1-6(2)13-10-5-8(11)9(12)4-7(10)3/h4-5H,1-3H3. The summed E-state index contributed by atoms with van der Waals surface area (Å²) in [7, 11) is 0. The first kappa shape index (κ1) is 10.2. The van der Waals surface area contributed by atoms with Crippen molar-refractivity contribution in [2.24, 2.45) is 4.99 Å². The summed E-state index contributed by atoms with van der Waals surface area (Å²) in [5.74, 6) is -0.396. The van der Waals surface area contributed by atoms with Crippen molar-refractivity contribution in [3.63, 3.8) is 0 Å². The van der Waals surface area contributed by atoms with Crippen LogP contribution in [0.15, 0.2) is 17.1 Å². The van der Waals surface area contributed by atoms with E-state index in [1.807, 2.05) is 13.8 Å². The van der Waals surface area contributed by atoms with E-state index < -0.39 is 5.82 Å². The Balaban J connectivity index is 3.24. The minimum absolute atomic E-state index is 0.116. The Kier molecular flexibility index (Phi) is 3.04. The van der Waals surface area contributed by atoms with Gasteiger partial charge in [0.05, 0.1) is 10.7 Å². The summed E-state index contributed by atoms with van der Waals surface area (Å²) in [5, 5.41) is 0.116. The molecule has 0 heterocycles. The van der Waals surface area contributed by atoms with Crippen molar-refractivity contribution in [2.45, 2.75) is 20.8 Å². The highest BCUT2D eigenvalue weighted by Gasteiger charge is 2.03. The van der Waals surface area contributed by atoms with E-state index in [0.717, 1.165) is 17.0 Å². The Labute approximate surface area is 82.3 Å². The first-order valence-electron chi connectivity index (χ1n) is 3.98. The first-order valence-corrected chi connectivity index (χ1v) is 4.36. The fourth-order valence-corrected chi connectivity index (χ4v) is 1.16. The summed E-state index contributed by atoms with van der Waals surface area (Å²) in [6.45, 7) is 5.58. The van der Waals surface area contributed by atoms with Crippen LogP contribution in [0, 0.1) is 12.7 Å². The summed E-state index contributed by atoms with van der Waals surface area (Å²) in [6, 6.07) is 2.93. The maximum atomic E-state index is 12.9. The number of aliphatic imine (C=N–C) groups is 1. The van der Waals surface area contributed by atoms with Gasteiger partial charge in [0, 0.05) is 5.71 Å². The van der Waals surface area contributed by atoms with E-state index in [0.29, 0.717) is 0 Å². The maximum absolute atomic E-state index is 12.9. The largest absolute Gasteiger partial charge is 0.258 e. The van der Waals surface area contributed by atoms with Gasteiger partial charge in [-0.05, 0) is 38.5 Å². The number of hydrogen-bond donors (Lipinski definition) is 0. The topological polar surface area (TPSA) is 12.4 Å². The van der Waals surface area contributed by atoms with Crippen molar-refractivity contribution in [1.29, 1.82) is 0 Å². The van der Waals surface area contributed by atoms with Crippen molar-refractivity contribution < 1.29 is 4.39 Å². The van der Waals surface area contributed by atoms with E-state index >= 15 is 0 Å². The molecule has 0 aromatic heterocycles. The van der Waals surface area contributed by atoms with E-state index in [1.54, 1.807) is 13.0 Å². The van der Waals surface area contributed by atoms with Crippen molar-refractivity contribution in [3.05, 3.63) is 28.5 Å². The summed E-state index contributed by atoms with van der Waals surface area (Å²) in [4.78, 5) is 4.23. The van der Waals surface area contributed by atoms with Gasteiger partial charge in [0.25, 0.3) is 0 Å². The first-order chi connectivity index (χ1) is 6.00. The Bertz CT molecular complexity index is 354. The smallest absolute Gasteiger partial charge is 0.142 e. The lowest BCUT2D eigenvalue weighted by atomic mass is 10.2. The van der Waals surface area contributed by atoms with Crippen LogP contribution >= 0.6 is 11.6 Å². The van der Waals surface area contributed by atoms with Crippen molar-refractivity contribution in [1.82, 2.24) is 0 Å². The second-order valence-corrected chi connectivity index (χ2v) is 3.52. The summed E-state index contributed by atoms with van der Waals surface area (Å²) < 4.78 is 12.9. The Morgan fingerprint density at radius 1 is 1.38 bits per heavy atom. The number of benzene rings is 1. The van der Waals surface area contributed by atoms with Gasteiger partial charge in [-0.25, -0.2) is 4.39 Å². The Morgan fingerprint density at radius 2 is 2.00 bits per heavy atom. The number of rotatable bonds is 1. The molecule has 0 saturated heterocycles. The van der Waals surface area contributed by atoms with Crippen molar-refractivity contribution in [2.75, 3.05) is 0 Å². The quantitative estimate of drug-likeness (QED) is 0.609. The van der Waals surface area contributed by atoms with Crippen LogP contribution in [0.4, 0.5) is 10.1 Å². The summed E-state index contributed by atoms with van der Waals surface area (Å²) >= 11 is 5.62. The van der Waals surface area contributed by atoms with E-state index in [4.69, 9.17) is 11.6 Å². The van der Waals surface area contributed by atoms with Crippen LogP contribution < -0.4 is 0 Å². The van der Waals surface area contributed by atoms with E-state index in [2.05, 4.69) is 4.99 Å². The molecule has 1 aromatic rings. The average Bonchev–Trinajstić information content (AvgIpc) is 1.99. The Hall–Kier alpha value is -0.890. The van der Waals surface area contributed by atoms with E-state index in [1.165, 1.54) is 6.07 Å². The molecule has 0 aliphatic heterocycles. The fourth-order valence-electron chi connectivity index (χ4n) is 0.997. The van der Waals surface area contributed by atoms with E-state index in [9.17, 15) is 4.39 Å². The number of halogens is 2. The van der Waals surface area contributed by atoms with Gasteiger partial charge in [-0.3, -0.25) is 4.99 Å². The van der Waals surface area contributed by atoms with Gasteiger partial charge in [0.2, 0.25) is 0 Å². The highest BCUT2D eigenvalue weighted by molar-refractivity contribution is 6.31. The Morgan fingerprint density at radius 3 is 2.54 bits per heavy atom. The van der Waals surface area contributed by atoms with Gasteiger partial charge in [-0.15, -0.1) is 0 Å². The van der Waals surface area contributed by atoms with Gasteiger partial charge >= 0.3 is 0 Å². The van der Waals surface area contributed by atoms with Crippen LogP contribution in [0.1, 0.15) is 19.4 Å². The third-order valence-corrected chi connectivity index (χ3v) is 1.87. The normalized spacial score (nSPS) is 9.92. The molecule has 3 heteroatoms. The maximum Gasteiger partial charge on any atom is 0.142 e. The van der Waals surface area contributed by atoms with Crippen molar-refractivity contribution in [3.8, 4) is 0 Å². The SMILES string of the molecule is CC(C)=Nc1cc(Cl)c(F)cc1C. The average molecular weight is 200 g/mol. The molecule has 0 radical (unpaired) electrons. The summed E-state index contributed by atoms with van der Waals surface area (Å²) in [6.07, 6.45) is 0. The third kappa shape index (κ3) is 2.52. The monoisotopic (exact) mass is 199 g/mol. The molecule has 1 aromatic carbocycles. The minimum Gasteiger partial charge on any atom is -0.258 e. The molecule has 0 fully saturated rings. The van der Waals surface area contributed by atoms with Crippen LogP contribution in [-0.2, 0) is 0 Å². The molecule has 0 bridgehead atoms. The molecule has 13 heavy (non-hydrogen) atoms. The lowest BCUT2D eigenvalue weighted by Gasteiger charge is -2.02. The number of nitrogens with zero attached hydrogens (tertiary/aromatic N) is 1. The molecule has 0 spiro atoms. The zero-order valence-electron chi connectivity index (χ0n) is 7.86. The zero-order valence-corrected chi connectivity index (χ0v) is 8.61. The minimum atomic E-state index is -0.396. The summed E-state index contributed by atoms with van der Waals surface area (Å²) in [5.41, 5.74) is 2.44.